The van der Waals surface area contributed by atoms with E-state index in [0.29, 0.717) is 5.02 Å². The van der Waals surface area contributed by atoms with Gasteiger partial charge in [-0.3, -0.25) is 0 Å². The summed E-state index contributed by atoms with van der Waals surface area (Å²) in [4.78, 5) is 0. The molecule has 0 aromatic heterocycles. The van der Waals surface area contributed by atoms with Crippen molar-refractivity contribution in [2.24, 2.45) is 0 Å². The Morgan fingerprint density at radius 3 is 2.25 bits per heavy atom. The smallest absolute Gasteiger partial charge is 0.128 e. The van der Waals surface area contributed by atoms with Crippen LogP contribution in [0.2, 0.25) is 5.02 Å². The molecular weight excluding hydrogens is 224 g/mol. The number of aryl methyl sites for hydroxylation is 1. The first-order chi connectivity index (χ1) is 7.34. The highest BCUT2D eigenvalue weighted by Gasteiger charge is 2.18. The zero-order chi connectivity index (χ0) is 12.5. The van der Waals surface area contributed by atoms with Crippen molar-refractivity contribution in [1.82, 2.24) is 0 Å². The molecule has 0 saturated heterocycles. The molecule has 1 atom stereocenters. The number of rotatable bonds is 3. The lowest BCUT2D eigenvalue weighted by Crippen LogP contribution is -2.11. The van der Waals surface area contributed by atoms with Gasteiger partial charge in [-0.1, -0.05) is 11.6 Å². The highest BCUT2D eigenvalue weighted by molar-refractivity contribution is 6.31. The van der Waals surface area contributed by atoms with Crippen molar-refractivity contribution in [1.29, 1.82) is 0 Å². The highest BCUT2D eigenvalue weighted by atomic mass is 35.5. The van der Waals surface area contributed by atoms with Crippen LogP contribution >= 0.6 is 11.6 Å². The summed E-state index contributed by atoms with van der Waals surface area (Å²) in [5, 5.41) is 10.5. The van der Waals surface area contributed by atoms with Gasteiger partial charge in [0.2, 0.25) is 0 Å². The van der Waals surface area contributed by atoms with E-state index in [-0.39, 0.29) is 6.10 Å². The molecule has 16 heavy (non-hydrogen) atoms. The van der Waals surface area contributed by atoms with Crippen LogP contribution in [0.3, 0.4) is 0 Å². The Balaban J connectivity index is 3.38. The van der Waals surface area contributed by atoms with Crippen molar-refractivity contribution in [2.45, 2.75) is 46.8 Å². The van der Waals surface area contributed by atoms with Crippen LogP contribution in [0, 0.1) is 13.8 Å². The third kappa shape index (κ3) is 2.69. The van der Waals surface area contributed by atoms with Gasteiger partial charge in [0.25, 0.3) is 0 Å². The maximum absolute atomic E-state index is 9.81. The van der Waals surface area contributed by atoms with Gasteiger partial charge in [0.05, 0.1) is 12.2 Å². The number of benzene rings is 1. The number of aliphatic hydroxyl groups excluding tert-OH is 1. The van der Waals surface area contributed by atoms with Gasteiger partial charge >= 0.3 is 0 Å². The summed E-state index contributed by atoms with van der Waals surface area (Å²) in [5.74, 6) is 0.756. The third-order valence-electron chi connectivity index (χ3n) is 2.48. The molecule has 0 radical (unpaired) electrons. The van der Waals surface area contributed by atoms with Crippen molar-refractivity contribution in [3.05, 3.63) is 27.8 Å². The highest BCUT2D eigenvalue weighted by Crippen LogP contribution is 2.36. The van der Waals surface area contributed by atoms with Gasteiger partial charge in [0, 0.05) is 10.6 Å². The molecule has 0 saturated carbocycles. The quantitative estimate of drug-likeness (QED) is 0.874. The molecule has 1 rings (SSSR count). The minimum Gasteiger partial charge on any atom is -0.490 e. The van der Waals surface area contributed by atoms with E-state index in [4.69, 9.17) is 16.3 Å². The van der Waals surface area contributed by atoms with Crippen molar-refractivity contribution < 1.29 is 9.84 Å². The number of ether oxygens (including phenoxy) is 1. The first-order valence-electron chi connectivity index (χ1n) is 5.49. The molecule has 0 bridgehead atoms. The molecular formula is C13H19ClO2. The van der Waals surface area contributed by atoms with E-state index in [0.717, 1.165) is 22.4 Å². The van der Waals surface area contributed by atoms with Gasteiger partial charge in [0.15, 0.2) is 0 Å². The molecule has 0 fully saturated rings. The van der Waals surface area contributed by atoms with Gasteiger partial charge in [-0.05, 0) is 51.8 Å². The van der Waals surface area contributed by atoms with Crippen LogP contribution in [0.4, 0.5) is 0 Å². The molecule has 90 valence electrons. The summed E-state index contributed by atoms with van der Waals surface area (Å²) in [6, 6.07) is 1.88. The van der Waals surface area contributed by atoms with Crippen LogP contribution in [-0.4, -0.2) is 11.2 Å². The fraction of sp³-hybridized carbons (Fsp3) is 0.538. The van der Waals surface area contributed by atoms with E-state index in [1.54, 1.807) is 6.92 Å². The van der Waals surface area contributed by atoms with E-state index in [1.807, 2.05) is 33.8 Å². The second kappa shape index (κ2) is 5.07. The Labute approximate surface area is 102 Å². The zero-order valence-corrected chi connectivity index (χ0v) is 11.2. The van der Waals surface area contributed by atoms with Crippen molar-refractivity contribution in [3.63, 3.8) is 0 Å². The van der Waals surface area contributed by atoms with Crippen LogP contribution in [0.15, 0.2) is 6.07 Å². The Kier molecular flexibility index (Phi) is 4.22. The molecule has 0 aliphatic rings. The molecule has 0 spiro atoms. The standard InChI is InChI=1S/C13H19ClO2/c1-7(2)16-13-8(3)6-11(14)9(4)12(13)10(5)15/h6-7,10,15H,1-5H3. The predicted octanol–water partition coefficient (Wildman–Crippen LogP) is 3.80. The first kappa shape index (κ1) is 13.3. The van der Waals surface area contributed by atoms with E-state index >= 15 is 0 Å². The lowest BCUT2D eigenvalue weighted by molar-refractivity contribution is 0.181. The first-order valence-corrected chi connectivity index (χ1v) is 5.86. The second-order valence-electron chi connectivity index (χ2n) is 4.39. The maximum Gasteiger partial charge on any atom is 0.128 e. The summed E-state index contributed by atoms with van der Waals surface area (Å²) < 4.78 is 5.75. The van der Waals surface area contributed by atoms with E-state index in [2.05, 4.69) is 0 Å². The van der Waals surface area contributed by atoms with Gasteiger partial charge in [-0.2, -0.15) is 0 Å². The fourth-order valence-electron chi connectivity index (χ4n) is 1.77. The Bertz CT molecular complexity index is 384. The lowest BCUT2D eigenvalue weighted by Gasteiger charge is -2.21. The molecule has 0 aliphatic carbocycles. The van der Waals surface area contributed by atoms with Gasteiger partial charge in [0.1, 0.15) is 5.75 Å². The monoisotopic (exact) mass is 242 g/mol. The van der Waals surface area contributed by atoms with E-state index < -0.39 is 6.10 Å². The average Bonchev–Trinajstić information content (AvgIpc) is 2.13. The molecule has 1 aromatic carbocycles. The number of hydrogen-bond acceptors (Lipinski definition) is 2. The Morgan fingerprint density at radius 1 is 1.25 bits per heavy atom. The minimum absolute atomic E-state index is 0.0803. The summed E-state index contributed by atoms with van der Waals surface area (Å²) >= 11 is 6.11. The molecule has 1 N–H and O–H groups in total. The molecule has 3 heteroatoms. The normalized spacial score (nSPS) is 13.0. The largest absolute Gasteiger partial charge is 0.490 e. The molecule has 1 aromatic rings. The fourth-order valence-corrected chi connectivity index (χ4v) is 2.04. The molecule has 2 nitrogen and oxygen atoms in total. The van der Waals surface area contributed by atoms with Gasteiger partial charge in [-0.15, -0.1) is 0 Å². The van der Waals surface area contributed by atoms with Crippen LogP contribution < -0.4 is 4.74 Å². The van der Waals surface area contributed by atoms with Crippen molar-refractivity contribution >= 4 is 11.6 Å². The van der Waals surface area contributed by atoms with Crippen LogP contribution in [0.1, 0.15) is 43.6 Å². The molecule has 1 unspecified atom stereocenters. The SMILES string of the molecule is Cc1cc(Cl)c(C)c(C(C)O)c1OC(C)C. The number of halogens is 1. The van der Waals surface area contributed by atoms with Gasteiger partial charge in [-0.25, -0.2) is 0 Å². The van der Waals surface area contributed by atoms with Crippen molar-refractivity contribution in [2.75, 3.05) is 0 Å². The average molecular weight is 243 g/mol. The van der Waals surface area contributed by atoms with Crippen LogP contribution in [0.5, 0.6) is 5.75 Å². The molecule has 0 amide bonds. The zero-order valence-electron chi connectivity index (χ0n) is 10.5. The molecule has 0 aliphatic heterocycles. The number of hydrogen-bond donors (Lipinski definition) is 1. The minimum atomic E-state index is -0.578. The Morgan fingerprint density at radius 2 is 1.81 bits per heavy atom. The molecule has 0 heterocycles. The topological polar surface area (TPSA) is 29.5 Å². The summed E-state index contributed by atoms with van der Waals surface area (Å²) in [6.07, 6.45) is -0.497. The summed E-state index contributed by atoms with van der Waals surface area (Å²) in [5.41, 5.74) is 2.64. The van der Waals surface area contributed by atoms with E-state index in [1.165, 1.54) is 0 Å². The van der Waals surface area contributed by atoms with Crippen molar-refractivity contribution in [3.8, 4) is 5.75 Å². The van der Waals surface area contributed by atoms with Crippen LogP contribution in [0.25, 0.3) is 0 Å². The Hall–Kier alpha value is -0.730. The lowest BCUT2D eigenvalue weighted by atomic mass is 9.99. The number of aliphatic hydroxyl groups is 1. The summed E-state index contributed by atoms with van der Waals surface area (Å²) in [6.45, 7) is 9.50. The second-order valence-corrected chi connectivity index (χ2v) is 4.79. The third-order valence-corrected chi connectivity index (χ3v) is 2.87. The van der Waals surface area contributed by atoms with Crippen LogP contribution in [-0.2, 0) is 0 Å². The van der Waals surface area contributed by atoms with E-state index in [9.17, 15) is 5.11 Å². The van der Waals surface area contributed by atoms with Gasteiger partial charge < -0.3 is 9.84 Å². The predicted molar refractivity (Wildman–Crippen MR) is 67.3 cm³/mol. The summed E-state index contributed by atoms with van der Waals surface area (Å²) in [7, 11) is 0. The maximum atomic E-state index is 9.81.